The van der Waals surface area contributed by atoms with Crippen LogP contribution in [-0.2, 0) is 0 Å². The molecule has 0 aliphatic carbocycles. The van der Waals surface area contributed by atoms with E-state index >= 15 is 0 Å². The average molecular weight is 248 g/mol. The van der Waals surface area contributed by atoms with E-state index in [1.807, 2.05) is 0 Å². The van der Waals surface area contributed by atoms with Gasteiger partial charge in [0.1, 0.15) is 13.2 Å². The Balaban J connectivity index is 1.99. The second-order valence-electron chi connectivity index (χ2n) is 5.32. The Labute approximate surface area is 108 Å². The van der Waals surface area contributed by atoms with Crippen LogP contribution in [0.15, 0.2) is 12.1 Å². The van der Waals surface area contributed by atoms with Gasteiger partial charge in [0.05, 0.1) is 11.4 Å². The predicted octanol–water partition coefficient (Wildman–Crippen LogP) is 2.34. The van der Waals surface area contributed by atoms with Gasteiger partial charge < -0.3 is 19.7 Å². The molecular weight excluding hydrogens is 228 g/mol. The summed E-state index contributed by atoms with van der Waals surface area (Å²) >= 11 is 0. The van der Waals surface area contributed by atoms with Crippen LogP contribution in [0.3, 0.4) is 0 Å². The number of hydrogen-bond donors (Lipinski definition) is 1. The van der Waals surface area contributed by atoms with Gasteiger partial charge >= 0.3 is 0 Å². The van der Waals surface area contributed by atoms with E-state index < -0.39 is 0 Å². The molecule has 0 spiro atoms. The SMILES string of the molecule is CC(C)C1CNc2cc3c(cc2N1C)OCCO3. The highest BCUT2D eigenvalue weighted by atomic mass is 16.6. The quantitative estimate of drug-likeness (QED) is 0.827. The number of rotatable bonds is 1. The molecule has 2 heterocycles. The van der Waals surface area contributed by atoms with E-state index in [2.05, 4.69) is 43.2 Å². The zero-order chi connectivity index (χ0) is 12.7. The molecule has 1 unspecified atom stereocenters. The van der Waals surface area contributed by atoms with E-state index in [1.54, 1.807) is 0 Å². The highest BCUT2D eigenvalue weighted by Gasteiger charge is 2.27. The van der Waals surface area contributed by atoms with E-state index in [1.165, 1.54) is 5.69 Å². The van der Waals surface area contributed by atoms with Crippen LogP contribution < -0.4 is 19.7 Å². The summed E-state index contributed by atoms with van der Waals surface area (Å²) in [5.74, 6) is 2.32. The van der Waals surface area contributed by atoms with Crippen LogP contribution in [0.1, 0.15) is 13.8 Å². The highest BCUT2D eigenvalue weighted by Crippen LogP contribution is 2.42. The van der Waals surface area contributed by atoms with E-state index in [0.29, 0.717) is 25.2 Å². The maximum atomic E-state index is 5.65. The molecule has 98 valence electrons. The van der Waals surface area contributed by atoms with Gasteiger partial charge in [-0.25, -0.2) is 0 Å². The molecule has 2 aliphatic rings. The van der Waals surface area contributed by atoms with E-state index in [-0.39, 0.29) is 0 Å². The smallest absolute Gasteiger partial charge is 0.163 e. The third kappa shape index (κ3) is 1.76. The second kappa shape index (κ2) is 4.26. The zero-order valence-corrected chi connectivity index (χ0v) is 11.2. The largest absolute Gasteiger partial charge is 0.486 e. The number of ether oxygens (including phenoxy) is 2. The normalized spacial score (nSPS) is 21.6. The molecule has 0 fully saturated rings. The summed E-state index contributed by atoms with van der Waals surface area (Å²) in [6, 6.07) is 4.66. The Morgan fingerprint density at radius 1 is 1.22 bits per heavy atom. The van der Waals surface area contributed by atoms with Crippen molar-refractivity contribution < 1.29 is 9.47 Å². The van der Waals surface area contributed by atoms with Crippen molar-refractivity contribution in [1.29, 1.82) is 0 Å². The lowest BCUT2D eigenvalue weighted by Gasteiger charge is -2.39. The number of nitrogens with one attached hydrogen (secondary N) is 1. The van der Waals surface area contributed by atoms with Crippen molar-refractivity contribution in [3.05, 3.63) is 12.1 Å². The van der Waals surface area contributed by atoms with Crippen molar-refractivity contribution in [2.45, 2.75) is 19.9 Å². The minimum Gasteiger partial charge on any atom is -0.486 e. The molecule has 0 bridgehead atoms. The predicted molar refractivity (Wildman–Crippen MR) is 73.0 cm³/mol. The molecule has 1 aromatic rings. The Morgan fingerprint density at radius 3 is 2.56 bits per heavy atom. The minimum atomic E-state index is 0.514. The Morgan fingerprint density at radius 2 is 1.89 bits per heavy atom. The van der Waals surface area contributed by atoms with Crippen LogP contribution in [0.5, 0.6) is 11.5 Å². The maximum absolute atomic E-state index is 5.65. The summed E-state index contributed by atoms with van der Waals surface area (Å²) in [5.41, 5.74) is 2.34. The van der Waals surface area contributed by atoms with Gasteiger partial charge in [-0.15, -0.1) is 0 Å². The fourth-order valence-corrected chi connectivity index (χ4v) is 2.72. The van der Waals surface area contributed by atoms with Gasteiger partial charge in [0.2, 0.25) is 0 Å². The molecule has 4 nitrogen and oxygen atoms in total. The molecule has 0 saturated carbocycles. The van der Waals surface area contributed by atoms with Gasteiger partial charge in [-0.3, -0.25) is 0 Å². The van der Waals surface area contributed by atoms with Gasteiger partial charge in [0.25, 0.3) is 0 Å². The van der Waals surface area contributed by atoms with Crippen LogP contribution in [0.25, 0.3) is 0 Å². The van der Waals surface area contributed by atoms with E-state index in [9.17, 15) is 0 Å². The fraction of sp³-hybridized carbons (Fsp3) is 0.571. The molecule has 1 atom stereocenters. The highest BCUT2D eigenvalue weighted by molar-refractivity contribution is 5.77. The molecule has 4 heteroatoms. The summed E-state index contributed by atoms with van der Waals surface area (Å²) in [7, 11) is 2.15. The van der Waals surface area contributed by atoms with Crippen molar-refractivity contribution >= 4 is 11.4 Å². The van der Waals surface area contributed by atoms with E-state index in [0.717, 1.165) is 23.7 Å². The first-order chi connectivity index (χ1) is 8.66. The Kier molecular flexibility index (Phi) is 2.73. The van der Waals surface area contributed by atoms with E-state index in [4.69, 9.17) is 9.47 Å². The molecule has 0 radical (unpaired) electrons. The molecular formula is C14H20N2O2. The van der Waals surface area contributed by atoms with Gasteiger partial charge in [0, 0.05) is 31.8 Å². The molecule has 1 N–H and O–H groups in total. The van der Waals surface area contributed by atoms with Crippen LogP contribution in [0.4, 0.5) is 11.4 Å². The lowest BCUT2D eigenvalue weighted by molar-refractivity contribution is 0.171. The van der Waals surface area contributed by atoms with Crippen molar-refractivity contribution in [3.8, 4) is 11.5 Å². The van der Waals surface area contributed by atoms with Gasteiger partial charge in [-0.1, -0.05) is 13.8 Å². The molecule has 18 heavy (non-hydrogen) atoms. The third-order valence-electron chi connectivity index (χ3n) is 3.81. The lowest BCUT2D eigenvalue weighted by atomic mass is 9.99. The zero-order valence-electron chi connectivity index (χ0n) is 11.2. The average Bonchev–Trinajstić information content (AvgIpc) is 2.37. The summed E-state index contributed by atoms with van der Waals surface area (Å²) in [5, 5.41) is 3.50. The van der Waals surface area contributed by atoms with Crippen molar-refractivity contribution in [3.63, 3.8) is 0 Å². The number of fused-ring (bicyclic) bond motifs is 2. The monoisotopic (exact) mass is 248 g/mol. The van der Waals surface area contributed by atoms with Crippen LogP contribution >= 0.6 is 0 Å². The number of benzene rings is 1. The summed E-state index contributed by atoms with van der Waals surface area (Å²) in [4.78, 5) is 2.34. The maximum Gasteiger partial charge on any atom is 0.163 e. The number of likely N-dealkylation sites (N-methyl/N-ethyl adjacent to an activating group) is 1. The molecule has 0 aromatic heterocycles. The summed E-state index contributed by atoms with van der Waals surface area (Å²) < 4.78 is 11.3. The lowest BCUT2D eigenvalue weighted by Crippen LogP contribution is -2.44. The van der Waals surface area contributed by atoms with Gasteiger partial charge in [-0.05, 0) is 5.92 Å². The first-order valence-electron chi connectivity index (χ1n) is 6.57. The van der Waals surface area contributed by atoms with Gasteiger partial charge in [0.15, 0.2) is 11.5 Å². The summed E-state index contributed by atoms with van der Waals surface area (Å²) in [6.07, 6.45) is 0. The Bertz CT molecular complexity index is 459. The van der Waals surface area contributed by atoms with Crippen LogP contribution in [0, 0.1) is 5.92 Å². The Hall–Kier alpha value is -1.58. The summed E-state index contributed by atoms with van der Waals surface area (Å²) in [6.45, 7) is 6.76. The van der Waals surface area contributed by atoms with Crippen LogP contribution in [0.2, 0.25) is 0 Å². The van der Waals surface area contributed by atoms with Crippen LogP contribution in [-0.4, -0.2) is 32.8 Å². The van der Waals surface area contributed by atoms with Crippen molar-refractivity contribution in [2.24, 2.45) is 5.92 Å². The topological polar surface area (TPSA) is 33.7 Å². The molecule has 1 aromatic carbocycles. The molecule has 0 saturated heterocycles. The van der Waals surface area contributed by atoms with Gasteiger partial charge in [-0.2, -0.15) is 0 Å². The minimum absolute atomic E-state index is 0.514. The number of hydrogen-bond acceptors (Lipinski definition) is 4. The third-order valence-corrected chi connectivity index (χ3v) is 3.81. The number of nitrogens with zero attached hydrogens (tertiary/aromatic N) is 1. The molecule has 0 amide bonds. The molecule has 3 rings (SSSR count). The first-order valence-corrected chi connectivity index (χ1v) is 6.57. The van der Waals surface area contributed by atoms with Crippen molar-refractivity contribution in [1.82, 2.24) is 0 Å². The second-order valence-corrected chi connectivity index (χ2v) is 5.32. The number of anilines is 2. The van der Waals surface area contributed by atoms with Crippen molar-refractivity contribution in [2.75, 3.05) is 37.0 Å². The molecule has 2 aliphatic heterocycles. The first kappa shape index (κ1) is 11.5. The standard InChI is InChI=1S/C14H20N2O2/c1-9(2)12-8-15-10-6-13-14(18-5-4-17-13)7-11(10)16(12)3/h6-7,9,12,15H,4-5,8H2,1-3H3. The fourth-order valence-electron chi connectivity index (χ4n) is 2.72.